The van der Waals surface area contributed by atoms with E-state index < -0.39 is 10.5 Å². The second kappa shape index (κ2) is 6.35. The van der Waals surface area contributed by atoms with E-state index in [2.05, 4.69) is 0 Å². The molecule has 0 heterocycles. The summed E-state index contributed by atoms with van der Waals surface area (Å²) in [4.78, 5) is 10.6. The molecule has 0 aliphatic carbocycles. The zero-order valence-corrected chi connectivity index (χ0v) is 12.0. The Hall–Kier alpha value is -2.13. The van der Waals surface area contributed by atoms with Crippen LogP contribution >= 0.6 is 0 Å². The summed E-state index contributed by atoms with van der Waals surface area (Å²) in [6, 6.07) is 5.33. The van der Waals surface area contributed by atoms with Crippen LogP contribution in [0.3, 0.4) is 0 Å². The maximum Gasteiger partial charge on any atom is 0.311 e. The number of benzene rings is 1. The van der Waals surface area contributed by atoms with Crippen molar-refractivity contribution in [1.82, 2.24) is 0 Å². The van der Waals surface area contributed by atoms with E-state index >= 15 is 0 Å². The molecule has 1 atom stereocenters. The minimum Gasteiger partial charge on any atom is -0.487 e. The van der Waals surface area contributed by atoms with Crippen molar-refractivity contribution in [1.29, 1.82) is 5.26 Å². The summed E-state index contributed by atoms with van der Waals surface area (Å²) in [5.41, 5.74) is 6.33. The molecule has 1 unspecified atom stereocenters. The van der Waals surface area contributed by atoms with E-state index in [1.807, 2.05) is 12.1 Å². The fourth-order valence-corrected chi connectivity index (χ4v) is 1.92. The predicted octanol–water partition coefficient (Wildman–Crippen LogP) is 2.61. The lowest BCUT2D eigenvalue weighted by atomic mass is 10.00. The normalized spacial score (nSPS) is 13.3. The molecular weight excluding hydrogens is 258 g/mol. The van der Waals surface area contributed by atoms with Gasteiger partial charge < -0.3 is 10.5 Å². The molecule has 0 fully saturated rings. The van der Waals surface area contributed by atoms with Crippen LogP contribution in [-0.2, 0) is 0 Å². The van der Waals surface area contributed by atoms with Gasteiger partial charge in [0.2, 0.25) is 0 Å². The Morgan fingerprint density at radius 2 is 2.15 bits per heavy atom. The summed E-state index contributed by atoms with van der Waals surface area (Å²) in [5, 5.41) is 19.8. The van der Waals surface area contributed by atoms with Crippen molar-refractivity contribution in [2.75, 3.05) is 6.61 Å². The molecule has 6 nitrogen and oxygen atoms in total. The van der Waals surface area contributed by atoms with Gasteiger partial charge in [-0.2, -0.15) is 5.26 Å². The van der Waals surface area contributed by atoms with Gasteiger partial charge in [0, 0.05) is 6.07 Å². The van der Waals surface area contributed by atoms with Crippen LogP contribution in [0.1, 0.15) is 30.9 Å². The van der Waals surface area contributed by atoms with Gasteiger partial charge >= 0.3 is 5.69 Å². The van der Waals surface area contributed by atoms with Crippen molar-refractivity contribution >= 4 is 5.69 Å². The predicted molar refractivity (Wildman–Crippen MR) is 75.5 cm³/mol. The third-order valence-electron chi connectivity index (χ3n) is 2.94. The number of nitro groups is 1. The maximum atomic E-state index is 11.0. The number of hydrogen-bond donors (Lipinski definition) is 1. The van der Waals surface area contributed by atoms with Crippen molar-refractivity contribution in [2.45, 2.75) is 39.2 Å². The van der Waals surface area contributed by atoms with Gasteiger partial charge in [0.15, 0.2) is 5.75 Å². The molecule has 0 saturated heterocycles. The monoisotopic (exact) mass is 277 g/mol. The number of nitro benzene ring substituents is 1. The lowest BCUT2D eigenvalue weighted by Crippen LogP contribution is -2.34. The van der Waals surface area contributed by atoms with Crippen LogP contribution in [0.4, 0.5) is 5.69 Å². The van der Waals surface area contributed by atoms with Crippen LogP contribution in [-0.4, -0.2) is 17.1 Å². The smallest absolute Gasteiger partial charge is 0.311 e. The van der Waals surface area contributed by atoms with E-state index in [4.69, 9.17) is 15.7 Å². The Labute approximate surface area is 118 Å². The molecule has 0 aromatic heterocycles. The van der Waals surface area contributed by atoms with Gasteiger partial charge in [0.25, 0.3) is 0 Å². The number of rotatable bonds is 6. The second-order valence-corrected chi connectivity index (χ2v) is 5.17. The fourth-order valence-electron chi connectivity index (χ4n) is 1.92. The van der Waals surface area contributed by atoms with Gasteiger partial charge in [-0.3, -0.25) is 10.1 Å². The van der Waals surface area contributed by atoms with Crippen molar-refractivity contribution in [3.63, 3.8) is 0 Å². The summed E-state index contributed by atoms with van der Waals surface area (Å²) in [7, 11) is 0. The van der Waals surface area contributed by atoms with Gasteiger partial charge in [-0.25, -0.2) is 0 Å². The van der Waals surface area contributed by atoms with Gasteiger partial charge in [0.1, 0.15) is 5.54 Å². The Bertz CT molecular complexity index is 547. The van der Waals surface area contributed by atoms with Crippen molar-refractivity contribution in [3.05, 3.63) is 33.4 Å². The standard InChI is InChI=1S/C14H19N3O3/c1-10-7-11(2)13(12(8-10)17(18)19)20-6-4-5-14(3,16)9-15/h7-8H,4-6,16H2,1-3H3. The lowest BCUT2D eigenvalue weighted by Gasteiger charge is -2.15. The molecule has 0 radical (unpaired) electrons. The molecule has 2 N–H and O–H groups in total. The largest absolute Gasteiger partial charge is 0.487 e. The number of nitriles is 1. The second-order valence-electron chi connectivity index (χ2n) is 5.17. The topological polar surface area (TPSA) is 102 Å². The molecule has 1 aromatic rings. The van der Waals surface area contributed by atoms with Crippen molar-refractivity contribution in [2.24, 2.45) is 5.73 Å². The zero-order valence-electron chi connectivity index (χ0n) is 12.0. The fraction of sp³-hybridized carbons (Fsp3) is 0.500. The highest BCUT2D eigenvalue weighted by molar-refractivity contribution is 5.53. The van der Waals surface area contributed by atoms with Crippen LogP contribution in [0.2, 0.25) is 0 Å². The highest BCUT2D eigenvalue weighted by atomic mass is 16.6. The first-order chi connectivity index (χ1) is 9.26. The number of aryl methyl sites for hydroxylation is 2. The summed E-state index contributed by atoms with van der Waals surface area (Å²) < 4.78 is 5.52. The average Bonchev–Trinajstić information content (AvgIpc) is 2.35. The molecule has 0 aliphatic heterocycles. The van der Waals surface area contributed by atoms with E-state index in [9.17, 15) is 10.1 Å². The van der Waals surface area contributed by atoms with E-state index in [0.717, 1.165) is 11.1 Å². The summed E-state index contributed by atoms with van der Waals surface area (Å²) in [6.45, 7) is 5.51. The van der Waals surface area contributed by atoms with Gasteiger partial charge in [-0.05, 0) is 44.7 Å². The Morgan fingerprint density at radius 3 is 2.70 bits per heavy atom. The van der Waals surface area contributed by atoms with Crippen LogP contribution in [0, 0.1) is 35.3 Å². The van der Waals surface area contributed by atoms with Crippen LogP contribution in [0.25, 0.3) is 0 Å². The maximum absolute atomic E-state index is 11.0. The van der Waals surface area contributed by atoms with Gasteiger partial charge in [0.05, 0.1) is 17.6 Å². The Balaban J connectivity index is 2.74. The van der Waals surface area contributed by atoms with Crippen molar-refractivity contribution < 1.29 is 9.66 Å². The molecule has 0 saturated carbocycles. The van der Waals surface area contributed by atoms with Crippen LogP contribution < -0.4 is 10.5 Å². The summed E-state index contributed by atoms with van der Waals surface area (Å²) in [6.07, 6.45) is 1.03. The SMILES string of the molecule is Cc1cc(C)c(OCCCC(C)(N)C#N)c([N+](=O)[O-])c1. The quantitative estimate of drug-likeness (QED) is 0.489. The molecular formula is C14H19N3O3. The first kappa shape index (κ1) is 15.9. The highest BCUT2D eigenvalue weighted by Gasteiger charge is 2.20. The molecule has 1 rings (SSSR count). The van der Waals surface area contributed by atoms with E-state index in [1.54, 1.807) is 20.8 Å². The minimum atomic E-state index is -0.891. The number of nitrogens with two attached hydrogens (primary N) is 1. The Kier molecular flexibility index (Phi) is 5.06. The molecule has 0 bridgehead atoms. The number of ether oxygens (including phenoxy) is 1. The van der Waals surface area contributed by atoms with Crippen LogP contribution in [0.5, 0.6) is 5.75 Å². The number of nitrogens with zero attached hydrogens (tertiary/aromatic N) is 2. The minimum absolute atomic E-state index is 0.0294. The zero-order chi connectivity index (χ0) is 15.3. The molecule has 1 aromatic carbocycles. The van der Waals surface area contributed by atoms with E-state index in [1.165, 1.54) is 6.07 Å². The first-order valence-corrected chi connectivity index (χ1v) is 6.35. The summed E-state index contributed by atoms with van der Waals surface area (Å²) in [5.74, 6) is 0.288. The average molecular weight is 277 g/mol. The highest BCUT2D eigenvalue weighted by Crippen LogP contribution is 2.32. The van der Waals surface area contributed by atoms with Crippen molar-refractivity contribution in [3.8, 4) is 11.8 Å². The lowest BCUT2D eigenvalue weighted by molar-refractivity contribution is -0.386. The Morgan fingerprint density at radius 1 is 1.50 bits per heavy atom. The molecule has 0 spiro atoms. The number of hydrogen-bond acceptors (Lipinski definition) is 5. The third kappa shape index (κ3) is 4.21. The van der Waals surface area contributed by atoms with Gasteiger partial charge in [-0.15, -0.1) is 0 Å². The third-order valence-corrected chi connectivity index (χ3v) is 2.94. The van der Waals surface area contributed by atoms with Crippen LogP contribution in [0.15, 0.2) is 12.1 Å². The molecule has 0 aliphatic rings. The summed E-state index contributed by atoms with van der Waals surface area (Å²) >= 11 is 0. The van der Waals surface area contributed by atoms with E-state index in [-0.39, 0.29) is 11.4 Å². The van der Waals surface area contributed by atoms with E-state index in [0.29, 0.717) is 19.4 Å². The molecule has 108 valence electrons. The molecule has 20 heavy (non-hydrogen) atoms. The first-order valence-electron chi connectivity index (χ1n) is 6.35. The molecule has 6 heteroatoms. The molecule has 0 amide bonds. The van der Waals surface area contributed by atoms with Gasteiger partial charge in [-0.1, -0.05) is 6.07 Å².